The maximum Gasteiger partial charge on any atom is 0.152 e. The monoisotopic (exact) mass is 242 g/mol. The normalized spacial score (nSPS) is 10.3. The Labute approximate surface area is 105 Å². The molecule has 0 aromatic carbocycles. The van der Waals surface area contributed by atoms with Crippen LogP contribution in [0, 0.1) is 11.3 Å². The summed E-state index contributed by atoms with van der Waals surface area (Å²) in [5.74, 6) is 1.39. The minimum Gasteiger partial charge on any atom is -0.362 e. The molecule has 0 radical (unpaired) electrons. The van der Waals surface area contributed by atoms with Gasteiger partial charge in [-0.15, -0.1) is 10.2 Å². The van der Waals surface area contributed by atoms with Crippen LogP contribution in [0.5, 0.6) is 0 Å². The van der Waals surface area contributed by atoms with E-state index >= 15 is 0 Å². The molecule has 0 aliphatic heterocycles. The second kappa shape index (κ2) is 5.27. The molecule has 6 nitrogen and oxygen atoms in total. The Kier molecular flexibility index (Phi) is 3.53. The van der Waals surface area contributed by atoms with Crippen LogP contribution in [-0.4, -0.2) is 19.7 Å². The Balaban J connectivity index is 2.12. The molecule has 2 heterocycles. The first kappa shape index (κ1) is 12.0. The van der Waals surface area contributed by atoms with Crippen LogP contribution in [0.25, 0.3) is 0 Å². The third kappa shape index (κ3) is 2.46. The van der Waals surface area contributed by atoms with Gasteiger partial charge in [0, 0.05) is 12.2 Å². The Morgan fingerprint density at radius 3 is 3.06 bits per heavy atom. The van der Waals surface area contributed by atoms with Gasteiger partial charge in [0.1, 0.15) is 18.2 Å². The van der Waals surface area contributed by atoms with Crippen molar-refractivity contribution in [2.45, 2.75) is 26.4 Å². The predicted molar refractivity (Wildman–Crippen MR) is 66.7 cm³/mol. The van der Waals surface area contributed by atoms with Crippen LogP contribution in [0.15, 0.2) is 24.7 Å². The van der Waals surface area contributed by atoms with Gasteiger partial charge in [0.2, 0.25) is 0 Å². The quantitative estimate of drug-likeness (QED) is 0.883. The van der Waals surface area contributed by atoms with Gasteiger partial charge in [-0.1, -0.05) is 0 Å². The number of aromatic nitrogens is 4. The zero-order valence-corrected chi connectivity index (χ0v) is 10.3. The number of nitrogens with one attached hydrogen (secondary N) is 1. The molecule has 1 N–H and O–H groups in total. The zero-order valence-electron chi connectivity index (χ0n) is 10.3. The van der Waals surface area contributed by atoms with Crippen LogP contribution in [0.3, 0.4) is 0 Å². The van der Waals surface area contributed by atoms with E-state index < -0.39 is 0 Å². The molecule has 6 heteroatoms. The van der Waals surface area contributed by atoms with Crippen molar-refractivity contribution in [2.75, 3.05) is 5.32 Å². The van der Waals surface area contributed by atoms with Crippen molar-refractivity contribution in [1.82, 2.24) is 19.7 Å². The van der Waals surface area contributed by atoms with E-state index in [-0.39, 0.29) is 0 Å². The van der Waals surface area contributed by atoms with Gasteiger partial charge < -0.3 is 9.88 Å². The largest absolute Gasteiger partial charge is 0.362 e. The highest BCUT2D eigenvalue weighted by atomic mass is 15.3. The molecule has 0 bridgehead atoms. The molecule has 0 aliphatic rings. The van der Waals surface area contributed by atoms with Gasteiger partial charge in [-0.2, -0.15) is 5.26 Å². The molecule has 2 aromatic rings. The molecule has 0 unspecified atom stereocenters. The van der Waals surface area contributed by atoms with Gasteiger partial charge in [-0.25, -0.2) is 4.98 Å². The molecule has 18 heavy (non-hydrogen) atoms. The average Bonchev–Trinajstić information content (AvgIpc) is 2.85. The van der Waals surface area contributed by atoms with Crippen LogP contribution in [0.1, 0.15) is 31.3 Å². The lowest BCUT2D eigenvalue weighted by atomic mass is 10.3. The van der Waals surface area contributed by atoms with E-state index in [9.17, 15) is 0 Å². The van der Waals surface area contributed by atoms with E-state index in [4.69, 9.17) is 5.26 Å². The first-order valence-corrected chi connectivity index (χ1v) is 5.69. The fraction of sp³-hybridized carbons (Fsp3) is 0.333. The van der Waals surface area contributed by atoms with Gasteiger partial charge in [0.15, 0.2) is 5.82 Å². The number of rotatable bonds is 4. The molecule has 0 amide bonds. The molecule has 2 rings (SSSR count). The summed E-state index contributed by atoms with van der Waals surface area (Å²) in [6.45, 7) is 4.62. The minimum atomic E-state index is 0.302. The SMILES string of the molecule is CC(C)n1cnnc1CNc1ncccc1C#N. The van der Waals surface area contributed by atoms with Crippen molar-refractivity contribution in [3.8, 4) is 6.07 Å². The zero-order chi connectivity index (χ0) is 13.0. The summed E-state index contributed by atoms with van der Waals surface area (Å²) in [5.41, 5.74) is 0.521. The fourth-order valence-corrected chi connectivity index (χ4v) is 1.62. The lowest BCUT2D eigenvalue weighted by Crippen LogP contribution is -2.11. The number of nitriles is 1. The molecule has 0 saturated heterocycles. The molecule has 0 saturated carbocycles. The van der Waals surface area contributed by atoms with Crippen LogP contribution in [0.4, 0.5) is 5.82 Å². The highest BCUT2D eigenvalue weighted by Crippen LogP contribution is 2.12. The Morgan fingerprint density at radius 2 is 2.33 bits per heavy atom. The van der Waals surface area contributed by atoms with E-state index in [1.54, 1.807) is 24.7 Å². The van der Waals surface area contributed by atoms with Gasteiger partial charge in [-0.3, -0.25) is 0 Å². The minimum absolute atomic E-state index is 0.302. The van der Waals surface area contributed by atoms with Gasteiger partial charge in [0.05, 0.1) is 12.1 Å². The number of hydrogen-bond donors (Lipinski definition) is 1. The number of pyridine rings is 1. The van der Waals surface area contributed by atoms with E-state index in [0.717, 1.165) is 5.82 Å². The molecule has 0 spiro atoms. The summed E-state index contributed by atoms with van der Waals surface area (Å²) in [6.07, 6.45) is 3.35. The lowest BCUT2D eigenvalue weighted by Gasteiger charge is -2.11. The maximum absolute atomic E-state index is 8.96. The predicted octanol–water partition coefficient (Wildman–Crippen LogP) is 1.74. The summed E-state index contributed by atoms with van der Waals surface area (Å²) in [7, 11) is 0. The summed E-state index contributed by atoms with van der Waals surface area (Å²) in [4.78, 5) is 4.13. The van der Waals surface area contributed by atoms with E-state index in [2.05, 4.69) is 40.4 Å². The van der Waals surface area contributed by atoms with Gasteiger partial charge in [-0.05, 0) is 26.0 Å². The summed E-state index contributed by atoms with van der Waals surface area (Å²) < 4.78 is 1.97. The van der Waals surface area contributed by atoms with Crippen LogP contribution in [-0.2, 0) is 6.54 Å². The third-order valence-electron chi connectivity index (χ3n) is 2.55. The van der Waals surface area contributed by atoms with Crippen molar-refractivity contribution < 1.29 is 0 Å². The second-order valence-corrected chi connectivity index (χ2v) is 4.11. The fourth-order valence-electron chi connectivity index (χ4n) is 1.62. The summed E-state index contributed by atoms with van der Waals surface area (Å²) in [6, 6.07) is 5.86. The van der Waals surface area contributed by atoms with E-state index in [1.165, 1.54) is 0 Å². The average molecular weight is 242 g/mol. The number of anilines is 1. The van der Waals surface area contributed by atoms with Crippen molar-refractivity contribution >= 4 is 5.82 Å². The lowest BCUT2D eigenvalue weighted by molar-refractivity contribution is 0.572. The highest BCUT2D eigenvalue weighted by Gasteiger charge is 2.08. The van der Waals surface area contributed by atoms with Crippen LogP contribution >= 0.6 is 0 Å². The maximum atomic E-state index is 8.96. The van der Waals surface area contributed by atoms with Gasteiger partial charge in [0.25, 0.3) is 0 Å². The van der Waals surface area contributed by atoms with Crippen molar-refractivity contribution in [1.29, 1.82) is 5.26 Å². The highest BCUT2D eigenvalue weighted by molar-refractivity contribution is 5.51. The van der Waals surface area contributed by atoms with Crippen LogP contribution in [0.2, 0.25) is 0 Å². The summed E-state index contributed by atoms with van der Waals surface area (Å²) >= 11 is 0. The summed E-state index contributed by atoms with van der Waals surface area (Å²) in [5, 5.41) is 20.0. The van der Waals surface area contributed by atoms with E-state index in [1.807, 2.05) is 4.57 Å². The van der Waals surface area contributed by atoms with Gasteiger partial charge >= 0.3 is 0 Å². The Hall–Kier alpha value is -2.42. The molecule has 92 valence electrons. The van der Waals surface area contributed by atoms with E-state index in [0.29, 0.717) is 24.0 Å². The topological polar surface area (TPSA) is 79.4 Å². The Bertz CT molecular complexity index is 566. The van der Waals surface area contributed by atoms with Crippen molar-refractivity contribution in [2.24, 2.45) is 0 Å². The molecule has 0 aliphatic carbocycles. The number of hydrogen-bond acceptors (Lipinski definition) is 5. The molecular formula is C12H14N6. The third-order valence-corrected chi connectivity index (χ3v) is 2.55. The van der Waals surface area contributed by atoms with Crippen molar-refractivity contribution in [3.05, 3.63) is 36.0 Å². The molecule has 2 aromatic heterocycles. The smallest absolute Gasteiger partial charge is 0.152 e. The standard InChI is InChI=1S/C12H14N6/c1-9(2)18-8-16-17-11(18)7-15-12-10(6-13)4-3-5-14-12/h3-5,8-9H,7H2,1-2H3,(H,14,15). The molecular weight excluding hydrogens is 228 g/mol. The Morgan fingerprint density at radius 1 is 1.50 bits per heavy atom. The first-order chi connectivity index (χ1) is 8.72. The molecule has 0 fully saturated rings. The van der Waals surface area contributed by atoms with Crippen LogP contribution < -0.4 is 5.32 Å². The molecule has 0 atom stereocenters. The van der Waals surface area contributed by atoms with Crippen molar-refractivity contribution in [3.63, 3.8) is 0 Å². The second-order valence-electron chi connectivity index (χ2n) is 4.11. The first-order valence-electron chi connectivity index (χ1n) is 5.69. The number of nitrogens with zero attached hydrogens (tertiary/aromatic N) is 5.